The normalized spacial score (nSPS) is 23.2. The van der Waals surface area contributed by atoms with Crippen molar-refractivity contribution >= 4 is 5.82 Å². The number of nitrogens with two attached hydrogens (primary N) is 1. The van der Waals surface area contributed by atoms with Crippen molar-refractivity contribution in [2.45, 2.75) is 25.8 Å². The van der Waals surface area contributed by atoms with Crippen molar-refractivity contribution in [1.29, 1.82) is 0 Å². The largest absolute Gasteiger partial charge is 0.354 e. The topological polar surface area (TPSA) is 42.1 Å². The molecule has 2 rings (SSSR count). The van der Waals surface area contributed by atoms with Gasteiger partial charge in [-0.05, 0) is 37.8 Å². The van der Waals surface area contributed by atoms with Crippen LogP contribution in [0.1, 0.15) is 19.8 Å². The minimum absolute atomic E-state index is 0.162. The molecule has 88 valence electrons. The molecular weight excluding hydrogens is 205 g/mol. The number of piperidine rings is 1. The van der Waals surface area contributed by atoms with Crippen molar-refractivity contribution in [2.75, 3.05) is 18.0 Å². The average Bonchev–Trinajstić information content (AvgIpc) is 2.30. The van der Waals surface area contributed by atoms with Gasteiger partial charge in [-0.2, -0.15) is 0 Å². The van der Waals surface area contributed by atoms with E-state index in [2.05, 4.69) is 4.98 Å². The van der Waals surface area contributed by atoms with Gasteiger partial charge in [0.2, 0.25) is 0 Å². The third-order valence-corrected chi connectivity index (χ3v) is 3.24. The van der Waals surface area contributed by atoms with E-state index in [-0.39, 0.29) is 11.9 Å². The summed E-state index contributed by atoms with van der Waals surface area (Å²) in [4.78, 5) is 6.11. The molecule has 3 nitrogen and oxygen atoms in total. The van der Waals surface area contributed by atoms with E-state index in [1.807, 2.05) is 11.8 Å². The highest BCUT2D eigenvalue weighted by Crippen LogP contribution is 2.24. The Bertz CT molecular complexity index is 354. The van der Waals surface area contributed by atoms with E-state index < -0.39 is 0 Å². The van der Waals surface area contributed by atoms with Gasteiger partial charge in [-0.3, -0.25) is 0 Å². The summed E-state index contributed by atoms with van der Waals surface area (Å²) in [7, 11) is 0. The third kappa shape index (κ3) is 2.32. The van der Waals surface area contributed by atoms with Gasteiger partial charge in [0.25, 0.3) is 0 Å². The van der Waals surface area contributed by atoms with Crippen LogP contribution < -0.4 is 10.6 Å². The van der Waals surface area contributed by atoms with Gasteiger partial charge >= 0.3 is 0 Å². The van der Waals surface area contributed by atoms with Crippen molar-refractivity contribution in [1.82, 2.24) is 4.98 Å². The maximum atomic E-state index is 13.6. The summed E-state index contributed by atoms with van der Waals surface area (Å²) in [5.74, 6) is 0.663. The van der Waals surface area contributed by atoms with Crippen LogP contribution in [0.25, 0.3) is 0 Å². The Balaban J connectivity index is 2.13. The lowest BCUT2D eigenvalue weighted by Crippen LogP contribution is -2.43. The maximum Gasteiger partial charge on any atom is 0.165 e. The molecule has 4 heteroatoms. The van der Waals surface area contributed by atoms with E-state index in [1.165, 1.54) is 6.07 Å². The first-order valence-corrected chi connectivity index (χ1v) is 5.79. The Hall–Kier alpha value is -1.16. The first kappa shape index (κ1) is 11.3. The minimum atomic E-state index is -0.243. The Kier molecular flexibility index (Phi) is 3.39. The molecule has 0 saturated carbocycles. The molecule has 1 aliphatic heterocycles. The number of halogens is 1. The van der Waals surface area contributed by atoms with E-state index in [4.69, 9.17) is 5.73 Å². The molecule has 2 heterocycles. The van der Waals surface area contributed by atoms with Gasteiger partial charge in [0.1, 0.15) is 0 Å². The number of hydrogen-bond donors (Lipinski definition) is 1. The van der Waals surface area contributed by atoms with Crippen LogP contribution in [0.5, 0.6) is 0 Å². The second-order valence-electron chi connectivity index (χ2n) is 4.52. The van der Waals surface area contributed by atoms with Gasteiger partial charge in [0.15, 0.2) is 11.6 Å². The molecule has 2 N–H and O–H groups in total. The number of rotatable bonds is 2. The molecule has 0 radical (unpaired) electrons. The van der Waals surface area contributed by atoms with Gasteiger partial charge in [0, 0.05) is 25.3 Å². The van der Waals surface area contributed by atoms with Crippen LogP contribution in [0.2, 0.25) is 0 Å². The molecule has 1 aromatic rings. The zero-order valence-corrected chi connectivity index (χ0v) is 9.56. The summed E-state index contributed by atoms with van der Waals surface area (Å²) in [5, 5.41) is 0. The lowest BCUT2D eigenvalue weighted by molar-refractivity contribution is 0.361. The van der Waals surface area contributed by atoms with Gasteiger partial charge in [-0.25, -0.2) is 9.37 Å². The highest BCUT2D eigenvalue weighted by atomic mass is 19.1. The molecule has 16 heavy (non-hydrogen) atoms. The summed E-state index contributed by atoms with van der Waals surface area (Å²) >= 11 is 0. The molecule has 0 amide bonds. The first-order chi connectivity index (χ1) is 7.68. The molecule has 0 bridgehead atoms. The summed E-state index contributed by atoms with van der Waals surface area (Å²) in [6.07, 6.45) is 3.82. The highest BCUT2D eigenvalue weighted by Gasteiger charge is 2.24. The molecule has 2 unspecified atom stereocenters. The van der Waals surface area contributed by atoms with Crippen LogP contribution in [-0.2, 0) is 0 Å². The number of pyridine rings is 1. The van der Waals surface area contributed by atoms with Crippen molar-refractivity contribution in [3.8, 4) is 0 Å². The Morgan fingerprint density at radius 2 is 2.44 bits per heavy atom. The SMILES string of the molecule is CC(N)C1CCCN(c2ncccc2F)C1. The molecule has 1 saturated heterocycles. The monoisotopic (exact) mass is 223 g/mol. The fourth-order valence-corrected chi connectivity index (χ4v) is 2.24. The summed E-state index contributed by atoms with van der Waals surface area (Å²) < 4.78 is 13.6. The van der Waals surface area contributed by atoms with Crippen molar-refractivity contribution in [3.05, 3.63) is 24.1 Å². The minimum Gasteiger partial charge on any atom is -0.354 e. The molecule has 0 spiro atoms. The van der Waals surface area contributed by atoms with Crippen molar-refractivity contribution in [2.24, 2.45) is 11.7 Å². The molecule has 2 atom stereocenters. The molecule has 1 aromatic heterocycles. The Morgan fingerprint density at radius 3 is 3.12 bits per heavy atom. The predicted molar refractivity (Wildman–Crippen MR) is 62.8 cm³/mol. The number of aromatic nitrogens is 1. The van der Waals surface area contributed by atoms with E-state index >= 15 is 0 Å². The standard InChI is InChI=1S/C12H18FN3/c1-9(14)10-4-3-7-16(8-10)12-11(13)5-2-6-15-12/h2,5-6,9-10H,3-4,7-8,14H2,1H3. The van der Waals surface area contributed by atoms with E-state index in [0.29, 0.717) is 11.7 Å². The third-order valence-electron chi connectivity index (χ3n) is 3.24. The number of anilines is 1. The molecule has 1 fully saturated rings. The number of hydrogen-bond acceptors (Lipinski definition) is 3. The zero-order valence-electron chi connectivity index (χ0n) is 9.56. The molecule has 1 aliphatic rings. The quantitative estimate of drug-likeness (QED) is 0.831. The average molecular weight is 223 g/mol. The fraction of sp³-hybridized carbons (Fsp3) is 0.583. The van der Waals surface area contributed by atoms with Crippen LogP contribution in [-0.4, -0.2) is 24.1 Å². The van der Waals surface area contributed by atoms with Gasteiger partial charge in [0.05, 0.1) is 0 Å². The van der Waals surface area contributed by atoms with Crippen LogP contribution >= 0.6 is 0 Å². The smallest absolute Gasteiger partial charge is 0.165 e. The van der Waals surface area contributed by atoms with Crippen LogP contribution in [0, 0.1) is 11.7 Å². The molecule has 0 aromatic carbocycles. The van der Waals surface area contributed by atoms with Crippen molar-refractivity contribution < 1.29 is 4.39 Å². The van der Waals surface area contributed by atoms with Gasteiger partial charge in [-0.1, -0.05) is 0 Å². The van der Waals surface area contributed by atoms with Crippen molar-refractivity contribution in [3.63, 3.8) is 0 Å². The fourth-order valence-electron chi connectivity index (χ4n) is 2.24. The lowest BCUT2D eigenvalue weighted by atomic mass is 9.92. The van der Waals surface area contributed by atoms with Gasteiger partial charge < -0.3 is 10.6 Å². The summed E-state index contributed by atoms with van der Waals surface area (Å²) in [5.41, 5.74) is 5.90. The second kappa shape index (κ2) is 4.78. The lowest BCUT2D eigenvalue weighted by Gasteiger charge is -2.35. The number of nitrogens with zero attached hydrogens (tertiary/aromatic N) is 2. The van der Waals surface area contributed by atoms with E-state index in [0.717, 1.165) is 25.9 Å². The Labute approximate surface area is 95.5 Å². The predicted octanol–water partition coefficient (Wildman–Crippen LogP) is 1.78. The maximum absolute atomic E-state index is 13.6. The Morgan fingerprint density at radius 1 is 1.62 bits per heavy atom. The zero-order chi connectivity index (χ0) is 11.5. The van der Waals surface area contributed by atoms with Crippen LogP contribution in [0.4, 0.5) is 10.2 Å². The first-order valence-electron chi connectivity index (χ1n) is 5.79. The summed E-state index contributed by atoms with van der Waals surface area (Å²) in [6.45, 7) is 3.70. The van der Waals surface area contributed by atoms with E-state index in [9.17, 15) is 4.39 Å². The second-order valence-corrected chi connectivity index (χ2v) is 4.52. The van der Waals surface area contributed by atoms with Crippen LogP contribution in [0.3, 0.4) is 0 Å². The van der Waals surface area contributed by atoms with E-state index in [1.54, 1.807) is 12.3 Å². The van der Waals surface area contributed by atoms with Gasteiger partial charge in [-0.15, -0.1) is 0 Å². The van der Waals surface area contributed by atoms with Crippen LogP contribution in [0.15, 0.2) is 18.3 Å². The molecule has 0 aliphatic carbocycles. The summed E-state index contributed by atoms with van der Waals surface area (Å²) in [6, 6.07) is 3.23. The molecular formula is C12H18FN3. The highest BCUT2D eigenvalue weighted by molar-refractivity contribution is 5.40.